The van der Waals surface area contributed by atoms with Crippen molar-refractivity contribution in [2.75, 3.05) is 7.11 Å². The molecular formula is C11H14NO. The van der Waals surface area contributed by atoms with Crippen LogP contribution in [0.3, 0.4) is 0 Å². The van der Waals surface area contributed by atoms with Crippen molar-refractivity contribution in [1.29, 1.82) is 0 Å². The summed E-state index contributed by atoms with van der Waals surface area (Å²) in [4.78, 5) is 4.57. The van der Waals surface area contributed by atoms with Gasteiger partial charge in [-0.05, 0) is 37.0 Å². The smallest absolute Gasteiger partial charge is 0.106 e. The Hall–Kier alpha value is -1.31. The minimum Gasteiger partial charge on any atom is -0.399 e. The van der Waals surface area contributed by atoms with E-state index in [9.17, 15) is 0 Å². The van der Waals surface area contributed by atoms with Crippen LogP contribution in [-0.4, -0.2) is 13.3 Å². The van der Waals surface area contributed by atoms with E-state index in [1.54, 1.807) is 13.3 Å². The van der Waals surface area contributed by atoms with Crippen LogP contribution in [0.5, 0.6) is 0 Å². The molecule has 0 heterocycles. The SMILES string of the molecule is CON=CCCc1cc[c]c(C)c1. The molecule has 0 atom stereocenters. The van der Waals surface area contributed by atoms with Gasteiger partial charge in [0.05, 0.1) is 0 Å². The van der Waals surface area contributed by atoms with Crippen LogP contribution in [0.4, 0.5) is 0 Å². The lowest BCUT2D eigenvalue weighted by Gasteiger charge is -1.98. The van der Waals surface area contributed by atoms with E-state index < -0.39 is 0 Å². The summed E-state index contributed by atoms with van der Waals surface area (Å²) in [6.07, 6.45) is 3.70. The molecule has 1 aromatic rings. The van der Waals surface area contributed by atoms with E-state index in [0.29, 0.717) is 0 Å². The third-order valence-electron chi connectivity index (χ3n) is 1.75. The number of benzene rings is 1. The highest BCUT2D eigenvalue weighted by molar-refractivity contribution is 5.56. The van der Waals surface area contributed by atoms with Gasteiger partial charge < -0.3 is 4.84 Å². The fourth-order valence-corrected chi connectivity index (χ4v) is 1.16. The average molecular weight is 176 g/mol. The Labute approximate surface area is 79.2 Å². The highest BCUT2D eigenvalue weighted by Gasteiger charge is 1.91. The Morgan fingerprint density at radius 2 is 2.46 bits per heavy atom. The predicted molar refractivity (Wildman–Crippen MR) is 53.8 cm³/mol. The molecule has 2 nitrogen and oxygen atoms in total. The molecule has 1 aromatic carbocycles. The minimum atomic E-state index is 0.914. The normalized spacial score (nSPS) is 10.6. The van der Waals surface area contributed by atoms with Gasteiger partial charge in [-0.3, -0.25) is 0 Å². The molecule has 0 aliphatic carbocycles. The van der Waals surface area contributed by atoms with Crippen LogP contribution < -0.4 is 0 Å². The summed E-state index contributed by atoms with van der Waals surface area (Å²) in [7, 11) is 1.55. The maximum atomic E-state index is 4.57. The van der Waals surface area contributed by atoms with Crippen LogP contribution in [0.25, 0.3) is 0 Å². The first kappa shape index (κ1) is 9.78. The molecule has 0 saturated carbocycles. The van der Waals surface area contributed by atoms with E-state index in [4.69, 9.17) is 0 Å². The third kappa shape index (κ3) is 3.74. The van der Waals surface area contributed by atoms with Crippen LogP contribution in [0.2, 0.25) is 0 Å². The van der Waals surface area contributed by atoms with Crippen LogP contribution in [-0.2, 0) is 11.3 Å². The summed E-state index contributed by atoms with van der Waals surface area (Å²) in [5.74, 6) is 0. The van der Waals surface area contributed by atoms with Crippen molar-refractivity contribution < 1.29 is 4.84 Å². The van der Waals surface area contributed by atoms with Gasteiger partial charge in [-0.1, -0.05) is 23.4 Å². The summed E-state index contributed by atoms with van der Waals surface area (Å²) < 4.78 is 0. The largest absolute Gasteiger partial charge is 0.399 e. The second kappa shape index (κ2) is 5.36. The fourth-order valence-electron chi connectivity index (χ4n) is 1.16. The zero-order valence-electron chi connectivity index (χ0n) is 8.08. The van der Waals surface area contributed by atoms with E-state index in [2.05, 4.69) is 28.2 Å². The Morgan fingerprint density at radius 3 is 3.15 bits per heavy atom. The Morgan fingerprint density at radius 1 is 1.62 bits per heavy atom. The number of nitrogens with zero attached hydrogens (tertiary/aromatic N) is 1. The predicted octanol–water partition coefficient (Wildman–Crippen LogP) is 2.36. The van der Waals surface area contributed by atoms with E-state index in [1.807, 2.05) is 13.0 Å². The molecule has 2 heteroatoms. The maximum Gasteiger partial charge on any atom is 0.106 e. The molecular weight excluding hydrogens is 162 g/mol. The van der Waals surface area contributed by atoms with Crippen molar-refractivity contribution >= 4 is 6.21 Å². The number of oxime groups is 1. The van der Waals surface area contributed by atoms with Crippen LogP contribution in [0, 0.1) is 13.0 Å². The second-order valence-corrected chi connectivity index (χ2v) is 2.89. The quantitative estimate of drug-likeness (QED) is 0.509. The summed E-state index contributed by atoms with van der Waals surface area (Å²) in [5.41, 5.74) is 2.50. The van der Waals surface area contributed by atoms with E-state index in [1.165, 1.54) is 11.1 Å². The van der Waals surface area contributed by atoms with Crippen LogP contribution in [0.15, 0.2) is 23.4 Å². The lowest BCUT2D eigenvalue weighted by Crippen LogP contribution is -1.87. The first-order chi connectivity index (χ1) is 6.33. The molecule has 1 radical (unpaired) electrons. The van der Waals surface area contributed by atoms with Crippen molar-refractivity contribution in [3.63, 3.8) is 0 Å². The highest BCUT2D eigenvalue weighted by Crippen LogP contribution is 2.04. The minimum absolute atomic E-state index is 0.914. The average Bonchev–Trinajstić information content (AvgIpc) is 2.13. The summed E-state index contributed by atoms with van der Waals surface area (Å²) in [6.45, 7) is 2.05. The summed E-state index contributed by atoms with van der Waals surface area (Å²) in [5, 5.41) is 3.68. The summed E-state index contributed by atoms with van der Waals surface area (Å²) in [6, 6.07) is 9.29. The van der Waals surface area contributed by atoms with Crippen molar-refractivity contribution in [1.82, 2.24) is 0 Å². The van der Waals surface area contributed by atoms with Gasteiger partial charge in [0.2, 0.25) is 0 Å². The molecule has 0 aliphatic rings. The zero-order chi connectivity index (χ0) is 9.52. The van der Waals surface area contributed by atoms with Gasteiger partial charge >= 0.3 is 0 Å². The van der Waals surface area contributed by atoms with Crippen molar-refractivity contribution in [2.24, 2.45) is 5.16 Å². The third-order valence-corrected chi connectivity index (χ3v) is 1.75. The fraction of sp³-hybridized carbons (Fsp3) is 0.364. The molecule has 0 N–H and O–H groups in total. The molecule has 0 fully saturated rings. The van der Waals surface area contributed by atoms with Crippen LogP contribution >= 0.6 is 0 Å². The van der Waals surface area contributed by atoms with Gasteiger partial charge in [-0.2, -0.15) is 0 Å². The molecule has 0 bridgehead atoms. The van der Waals surface area contributed by atoms with Gasteiger partial charge in [-0.15, -0.1) is 0 Å². The van der Waals surface area contributed by atoms with Crippen molar-refractivity contribution in [3.05, 3.63) is 35.4 Å². The number of hydrogen-bond donors (Lipinski definition) is 0. The van der Waals surface area contributed by atoms with Gasteiger partial charge in [0.1, 0.15) is 7.11 Å². The molecule has 69 valence electrons. The molecule has 0 aliphatic heterocycles. The molecule has 1 rings (SSSR count). The van der Waals surface area contributed by atoms with Gasteiger partial charge in [-0.25, -0.2) is 0 Å². The Kier molecular flexibility index (Phi) is 4.03. The second-order valence-electron chi connectivity index (χ2n) is 2.89. The molecule has 0 saturated heterocycles. The van der Waals surface area contributed by atoms with Gasteiger partial charge in [0.25, 0.3) is 0 Å². The first-order valence-electron chi connectivity index (χ1n) is 4.35. The molecule has 0 aromatic heterocycles. The van der Waals surface area contributed by atoms with Crippen LogP contribution in [0.1, 0.15) is 17.5 Å². The maximum absolute atomic E-state index is 4.57. The lowest BCUT2D eigenvalue weighted by molar-refractivity contribution is 0.214. The van der Waals surface area contributed by atoms with Gasteiger partial charge in [0, 0.05) is 6.21 Å². The van der Waals surface area contributed by atoms with E-state index in [-0.39, 0.29) is 0 Å². The molecule has 0 spiro atoms. The molecule has 0 unspecified atom stereocenters. The summed E-state index contributed by atoms with van der Waals surface area (Å²) >= 11 is 0. The van der Waals surface area contributed by atoms with E-state index in [0.717, 1.165) is 12.8 Å². The zero-order valence-corrected chi connectivity index (χ0v) is 8.08. The molecule has 13 heavy (non-hydrogen) atoms. The highest BCUT2D eigenvalue weighted by atomic mass is 16.6. The Bertz CT molecular complexity index is 281. The Balaban J connectivity index is 2.41. The lowest BCUT2D eigenvalue weighted by atomic mass is 10.1. The molecule has 0 amide bonds. The standard InChI is InChI=1S/C11H14NO/c1-10-5-3-6-11(9-10)7-4-8-12-13-2/h3,6,8-9H,4,7H2,1-2H3. The van der Waals surface area contributed by atoms with E-state index >= 15 is 0 Å². The topological polar surface area (TPSA) is 21.6 Å². The number of rotatable bonds is 4. The van der Waals surface area contributed by atoms with Crippen molar-refractivity contribution in [3.8, 4) is 0 Å². The van der Waals surface area contributed by atoms with Gasteiger partial charge in [0.15, 0.2) is 0 Å². The monoisotopic (exact) mass is 176 g/mol. The first-order valence-corrected chi connectivity index (χ1v) is 4.35. The van der Waals surface area contributed by atoms with Crippen molar-refractivity contribution in [2.45, 2.75) is 19.8 Å². The number of aryl methyl sites for hydroxylation is 2. The number of hydrogen-bond acceptors (Lipinski definition) is 2.